The van der Waals surface area contributed by atoms with Gasteiger partial charge >= 0.3 is 0 Å². The molecule has 0 saturated carbocycles. The van der Waals surface area contributed by atoms with E-state index < -0.39 is 12.1 Å². The van der Waals surface area contributed by atoms with Crippen molar-refractivity contribution >= 4 is 22.7 Å². The predicted molar refractivity (Wildman–Crippen MR) is 104 cm³/mol. The van der Waals surface area contributed by atoms with Crippen LogP contribution in [0.1, 0.15) is 22.9 Å². The number of nitrogens with one attached hydrogen (secondary N) is 1. The number of fused-ring (bicyclic) bond motifs is 4. The molecule has 6 heteroatoms. The normalized spacial score (nSPS) is 20.2. The van der Waals surface area contributed by atoms with Crippen molar-refractivity contribution < 1.29 is 14.7 Å². The van der Waals surface area contributed by atoms with E-state index in [4.69, 9.17) is 0 Å². The number of H-pyrrole nitrogens is 1. The number of hydrogen-bond acceptors (Lipinski definition) is 3. The molecule has 2 N–H and O–H groups in total. The number of rotatable bonds is 3. The first kappa shape index (κ1) is 17.0. The van der Waals surface area contributed by atoms with Gasteiger partial charge in [0.2, 0.25) is 11.8 Å². The minimum absolute atomic E-state index is 0.00872. The molecular formula is C22H21N3O3. The number of aromatic nitrogens is 1. The minimum Gasteiger partial charge on any atom is -0.387 e. The molecule has 3 aromatic rings. The van der Waals surface area contributed by atoms with Crippen molar-refractivity contribution in [3.8, 4) is 0 Å². The summed E-state index contributed by atoms with van der Waals surface area (Å²) in [6, 6.07) is 16.7. The highest BCUT2D eigenvalue weighted by molar-refractivity contribution is 5.96. The number of benzene rings is 2. The lowest BCUT2D eigenvalue weighted by Gasteiger charge is -2.43. The highest BCUT2D eigenvalue weighted by Crippen LogP contribution is 2.32. The molecule has 0 unspecified atom stereocenters. The Morgan fingerprint density at radius 1 is 1.04 bits per heavy atom. The first-order chi connectivity index (χ1) is 13.6. The lowest BCUT2D eigenvalue weighted by atomic mass is 9.93. The molecule has 0 radical (unpaired) electrons. The second kappa shape index (κ2) is 6.49. The van der Waals surface area contributed by atoms with Gasteiger partial charge in [-0.2, -0.15) is 0 Å². The molecule has 1 fully saturated rings. The van der Waals surface area contributed by atoms with E-state index in [9.17, 15) is 14.7 Å². The SMILES string of the molecule is O=C1[C@@H]2Cc3c([nH]c4ccccc34)CN2C(=O)CN1C[C@H](O)c1ccccc1. The van der Waals surface area contributed by atoms with Gasteiger partial charge in [-0.15, -0.1) is 0 Å². The fourth-order valence-electron chi connectivity index (χ4n) is 4.38. The van der Waals surface area contributed by atoms with Crippen LogP contribution in [-0.4, -0.2) is 50.8 Å². The minimum atomic E-state index is -0.809. The van der Waals surface area contributed by atoms with Crippen molar-refractivity contribution in [2.75, 3.05) is 13.1 Å². The van der Waals surface area contributed by atoms with Crippen LogP contribution in [0.25, 0.3) is 10.9 Å². The molecule has 6 nitrogen and oxygen atoms in total. The first-order valence-corrected chi connectivity index (χ1v) is 9.51. The van der Waals surface area contributed by atoms with Crippen LogP contribution >= 0.6 is 0 Å². The number of aliphatic hydroxyl groups excluding tert-OH is 1. The Bertz CT molecular complexity index is 1060. The number of β-amino-alcohol motifs (C(OH)–C–C–N with tert-alkyl or cyclic N) is 1. The van der Waals surface area contributed by atoms with Gasteiger partial charge < -0.3 is 19.9 Å². The maximum atomic E-state index is 13.2. The van der Waals surface area contributed by atoms with Gasteiger partial charge in [0.25, 0.3) is 0 Å². The van der Waals surface area contributed by atoms with Crippen LogP contribution < -0.4 is 0 Å². The van der Waals surface area contributed by atoms with E-state index in [1.807, 2.05) is 54.6 Å². The summed E-state index contributed by atoms with van der Waals surface area (Å²) in [5, 5.41) is 11.6. The number of hydrogen-bond donors (Lipinski definition) is 2. The van der Waals surface area contributed by atoms with Crippen LogP contribution in [0.15, 0.2) is 54.6 Å². The maximum absolute atomic E-state index is 13.2. The van der Waals surface area contributed by atoms with Gasteiger partial charge in [-0.05, 0) is 17.2 Å². The van der Waals surface area contributed by atoms with E-state index in [1.54, 1.807) is 4.90 Å². The summed E-state index contributed by atoms with van der Waals surface area (Å²) in [5.74, 6) is -0.167. The molecule has 2 aliphatic rings. The van der Waals surface area contributed by atoms with Crippen LogP contribution in [0.4, 0.5) is 0 Å². The van der Waals surface area contributed by atoms with E-state index in [0.29, 0.717) is 13.0 Å². The zero-order valence-electron chi connectivity index (χ0n) is 15.3. The van der Waals surface area contributed by atoms with E-state index in [0.717, 1.165) is 27.7 Å². The third-order valence-corrected chi connectivity index (χ3v) is 5.83. The number of amides is 2. The van der Waals surface area contributed by atoms with Gasteiger partial charge in [0.1, 0.15) is 6.04 Å². The standard InChI is InChI=1S/C22H21N3O3/c26-20(14-6-2-1-3-7-14)12-24-13-21(27)25-11-18-16(10-19(25)22(24)28)15-8-4-5-9-17(15)23-18/h1-9,19-20,23,26H,10-13H2/t19-,20-/m0/s1. The highest BCUT2D eigenvalue weighted by atomic mass is 16.3. The second-order valence-corrected chi connectivity index (χ2v) is 7.51. The van der Waals surface area contributed by atoms with E-state index in [-0.39, 0.29) is 24.9 Å². The number of carbonyl (C=O) groups excluding carboxylic acids is 2. The van der Waals surface area contributed by atoms with Crippen LogP contribution in [0.2, 0.25) is 0 Å². The third kappa shape index (κ3) is 2.68. The molecule has 2 amide bonds. The molecule has 1 saturated heterocycles. The zero-order chi connectivity index (χ0) is 19.3. The van der Waals surface area contributed by atoms with Gasteiger partial charge in [0, 0.05) is 23.0 Å². The summed E-state index contributed by atoms with van der Waals surface area (Å²) < 4.78 is 0. The Hall–Kier alpha value is -3.12. The van der Waals surface area contributed by atoms with E-state index in [2.05, 4.69) is 4.98 Å². The topological polar surface area (TPSA) is 76.6 Å². The monoisotopic (exact) mass is 375 g/mol. The van der Waals surface area contributed by atoms with Gasteiger partial charge in [-0.25, -0.2) is 0 Å². The lowest BCUT2D eigenvalue weighted by molar-refractivity contribution is -0.158. The molecule has 2 aliphatic heterocycles. The summed E-state index contributed by atoms with van der Waals surface area (Å²) in [5.41, 5.74) is 3.90. The molecule has 28 heavy (non-hydrogen) atoms. The number of piperazine rings is 1. The van der Waals surface area contributed by atoms with Gasteiger partial charge in [-0.3, -0.25) is 9.59 Å². The Morgan fingerprint density at radius 2 is 1.79 bits per heavy atom. The number of aromatic amines is 1. The van der Waals surface area contributed by atoms with Crippen LogP contribution in [0.3, 0.4) is 0 Å². The van der Waals surface area contributed by atoms with Crippen molar-refractivity contribution in [2.24, 2.45) is 0 Å². The fourth-order valence-corrected chi connectivity index (χ4v) is 4.38. The van der Waals surface area contributed by atoms with Crippen molar-refractivity contribution in [1.82, 2.24) is 14.8 Å². The molecule has 1 aromatic heterocycles. The lowest BCUT2D eigenvalue weighted by Crippen LogP contribution is -2.62. The van der Waals surface area contributed by atoms with Crippen molar-refractivity contribution in [2.45, 2.75) is 25.1 Å². The summed E-state index contributed by atoms with van der Waals surface area (Å²) in [4.78, 5) is 32.5. The number of para-hydroxylation sites is 1. The molecule has 2 aromatic carbocycles. The molecule has 0 aliphatic carbocycles. The highest BCUT2D eigenvalue weighted by Gasteiger charge is 2.43. The quantitative estimate of drug-likeness (QED) is 0.735. The largest absolute Gasteiger partial charge is 0.387 e. The third-order valence-electron chi connectivity index (χ3n) is 5.83. The number of carbonyl (C=O) groups is 2. The maximum Gasteiger partial charge on any atom is 0.246 e. The smallest absolute Gasteiger partial charge is 0.246 e. The van der Waals surface area contributed by atoms with Gasteiger partial charge in [0.05, 0.1) is 25.7 Å². The Kier molecular flexibility index (Phi) is 3.94. The Balaban J connectivity index is 1.42. The molecule has 0 spiro atoms. The molecule has 3 heterocycles. The summed E-state index contributed by atoms with van der Waals surface area (Å²) in [7, 11) is 0. The van der Waals surface area contributed by atoms with Crippen molar-refractivity contribution in [3.63, 3.8) is 0 Å². The number of aliphatic hydroxyl groups is 1. The van der Waals surface area contributed by atoms with E-state index in [1.165, 1.54) is 4.90 Å². The predicted octanol–water partition coefficient (Wildman–Crippen LogP) is 2.00. The van der Waals surface area contributed by atoms with Crippen LogP contribution in [0.5, 0.6) is 0 Å². The summed E-state index contributed by atoms with van der Waals surface area (Å²) >= 11 is 0. The van der Waals surface area contributed by atoms with Gasteiger partial charge in [-0.1, -0.05) is 48.5 Å². The van der Waals surface area contributed by atoms with Crippen LogP contribution in [-0.2, 0) is 22.6 Å². The van der Waals surface area contributed by atoms with Gasteiger partial charge in [0.15, 0.2) is 0 Å². The molecule has 0 bridgehead atoms. The molecule has 5 rings (SSSR count). The fraction of sp³-hybridized carbons (Fsp3) is 0.273. The first-order valence-electron chi connectivity index (χ1n) is 9.51. The number of nitrogens with zero attached hydrogens (tertiary/aromatic N) is 2. The van der Waals surface area contributed by atoms with Crippen molar-refractivity contribution in [1.29, 1.82) is 0 Å². The Labute approximate surface area is 162 Å². The zero-order valence-corrected chi connectivity index (χ0v) is 15.3. The molecule has 2 atom stereocenters. The average molecular weight is 375 g/mol. The van der Waals surface area contributed by atoms with Crippen LogP contribution in [0, 0.1) is 0 Å². The molecule has 142 valence electrons. The Morgan fingerprint density at radius 3 is 2.61 bits per heavy atom. The summed E-state index contributed by atoms with van der Waals surface area (Å²) in [6.45, 7) is 0.558. The molecular weight excluding hydrogens is 354 g/mol. The second-order valence-electron chi connectivity index (χ2n) is 7.51. The summed E-state index contributed by atoms with van der Waals surface area (Å²) in [6.07, 6.45) is -0.307. The average Bonchev–Trinajstić information content (AvgIpc) is 3.09. The van der Waals surface area contributed by atoms with E-state index >= 15 is 0 Å². The van der Waals surface area contributed by atoms with Crippen molar-refractivity contribution in [3.05, 3.63) is 71.4 Å².